The molecule has 1 aliphatic rings. The zero-order chi connectivity index (χ0) is 20.1. The predicted molar refractivity (Wildman–Crippen MR) is 110 cm³/mol. The third-order valence-electron chi connectivity index (χ3n) is 4.96. The monoisotopic (exact) mass is 401 g/mol. The van der Waals surface area contributed by atoms with Gasteiger partial charge in [0, 0.05) is 6.04 Å². The maximum absolute atomic E-state index is 12.4. The van der Waals surface area contributed by atoms with Crippen molar-refractivity contribution in [1.82, 2.24) is 25.4 Å². The van der Waals surface area contributed by atoms with E-state index in [2.05, 4.69) is 26.9 Å². The van der Waals surface area contributed by atoms with E-state index in [1.165, 1.54) is 23.7 Å². The van der Waals surface area contributed by atoms with Gasteiger partial charge in [-0.05, 0) is 45.2 Å². The highest BCUT2D eigenvalue weighted by atomic mass is 32.2. The average Bonchev–Trinajstić information content (AvgIpc) is 3.10. The smallest absolute Gasteiger partial charge is 0.321 e. The lowest BCUT2D eigenvalue weighted by molar-refractivity contribution is -0.119. The van der Waals surface area contributed by atoms with Crippen LogP contribution in [0, 0.1) is 13.8 Å². The zero-order valence-electron chi connectivity index (χ0n) is 16.6. The molecule has 150 valence electrons. The van der Waals surface area contributed by atoms with Crippen LogP contribution in [0.25, 0.3) is 5.69 Å². The first kappa shape index (κ1) is 20.4. The summed E-state index contributed by atoms with van der Waals surface area (Å²) in [5.74, 6) is -0.339. The normalized spacial score (nSPS) is 15.8. The first-order valence-corrected chi connectivity index (χ1v) is 10.6. The number of urea groups is 1. The number of carbonyl (C=O) groups is 2. The van der Waals surface area contributed by atoms with Crippen LogP contribution in [0.5, 0.6) is 0 Å². The van der Waals surface area contributed by atoms with Crippen LogP contribution in [0.15, 0.2) is 29.7 Å². The maximum Gasteiger partial charge on any atom is 0.321 e. The molecular formula is C20H27N5O2S. The van der Waals surface area contributed by atoms with Gasteiger partial charge in [0.1, 0.15) is 6.33 Å². The van der Waals surface area contributed by atoms with E-state index in [0.29, 0.717) is 5.16 Å². The summed E-state index contributed by atoms with van der Waals surface area (Å²) in [7, 11) is 0. The van der Waals surface area contributed by atoms with Crippen molar-refractivity contribution >= 4 is 23.7 Å². The minimum atomic E-state index is -0.481. The van der Waals surface area contributed by atoms with Crippen molar-refractivity contribution < 1.29 is 9.59 Å². The molecule has 7 nitrogen and oxygen atoms in total. The molecule has 0 saturated heterocycles. The predicted octanol–water partition coefficient (Wildman–Crippen LogP) is 3.52. The molecule has 3 amide bonds. The quantitative estimate of drug-likeness (QED) is 0.748. The van der Waals surface area contributed by atoms with Crippen molar-refractivity contribution in [2.24, 2.45) is 0 Å². The largest absolute Gasteiger partial charge is 0.335 e. The molecule has 1 heterocycles. The molecule has 1 aromatic heterocycles. The highest BCUT2D eigenvalue weighted by Gasteiger charge is 2.22. The van der Waals surface area contributed by atoms with Crippen LogP contribution in [-0.4, -0.2) is 38.0 Å². The third kappa shape index (κ3) is 5.13. The van der Waals surface area contributed by atoms with Crippen LogP contribution in [-0.2, 0) is 4.79 Å². The fourth-order valence-corrected chi connectivity index (χ4v) is 4.27. The van der Waals surface area contributed by atoms with E-state index < -0.39 is 11.3 Å². The fraction of sp³-hybridized carbons (Fsp3) is 0.500. The Morgan fingerprint density at radius 2 is 1.96 bits per heavy atom. The van der Waals surface area contributed by atoms with Crippen LogP contribution in [0.4, 0.5) is 4.79 Å². The number of benzene rings is 1. The van der Waals surface area contributed by atoms with Crippen LogP contribution in [0.2, 0.25) is 0 Å². The summed E-state index contributed by atoms with van der Waals surface area (Å²) in [5.41, 5.74) is 3.26. The number of amides is 3. The second kappa shape index (κ2) is 9.23. The number of rotatable bonds is 5. The van der Waals surface area contributed by atoms with Crippen molar-refractivity contribution in [2.45, 2.75) is 69.3 Å². The number of nitrogens with one attached hydrogen (secondary N) is 2. The molecule has 2 N–H and O–H groups in total. The van der Waals surface area contributed by atoms with Crippen LogP contribution in [0.3, 0.4) is 0 Å². The Morgan fingerprint density at radius 1 is 1.21 bits per heavy atom. The van der Waals surface area contributed by atoms with Crippen molar-refractivity contribution in [3.8, 4) is 5.69 Å². The maximum atomic E-state index is 12.4. The Balaban J connectivity index is 1.60. The number of aromatic nitrogens is 3. The molecular weight excluding hydrogens is 374 g/mol. The third-order valence-corrected chi connectivity index (χ3v) is 6.01. The van der Waals surface area contributed by atoms with Gasteiger partial charge < -0.3 is 5.32 Å². The molecule has 2 aromatic rings. The molecule has 1 aliphatic carbocycles. The lowest BCUT2D eigenvalue weighted by Crippen LogP contribution is -2.47. The minimum Gasteiger partial charge on any atom is -0.335 e. The number of hydrogen-bond acceptors (Lipinski definition) is 5. The summed E-state index contributed by atoms with van der Waals surface area (Å²) >= 11 is 1.28. The van der Waals surface area contributed by atoms with E-state index in [1.807, 2.05) is 30.5 Å². The molecule has 1 unspecified atom stereocenters. The zero-order valence-corrected chi connectivity index (χ0v) is 17.4. The van der Waals surface area contributed by atoms with Crippen LogP contribution < -0.4 is 10.6 Å². The molecule has 1 saturated carbocycles. The highest BCUT2D eigenvalue weighted by molar-refractivity contribution is 8.00. The standard InChI is InChI=1S/C20H27N5O2S/c1-13-9-10-17(14(2)11-13)25-12-21-24-20(25)28-15(3)18(26)23-19(27)22-16-7-5-4-6-8-16/h9-12,15-16H,4-8H2,1-3H3,(H2,22,23,26,27). The van der Waals surface area contributed by atoms with Crippen molar-refractivity contribution in [1.29, 1.82) is 0 Å². The summed E-state index contributed by atoms with van der Waals surface area (Å²) in [4.78, 5) is 24.5. The van der Waals surface area contributed by atoms with Gasteiger partial charge >= 0.3 is 6.03 Å². The van der Waals surface area contributed by atoms with Gasteiger partial charge in [0.2, 0.25) is 5.91 Å². The Morgan fingerprint density at radius 3 is 2.68 bits per heavy atom. The first-order chi connectivity index (χ1) is 13.4. The highest BCUT2D eigenvalue weighted by Crippen LogP contribution is 2.26. The van der Waals surface area contributed by atoms with Crippen LogP contribution in [0.1, 0.15) is 50.2 Å². The number of carbonyl (C=O) groups excluding carboxylic acids is 2. The molecule has 0 spiro atoms. The van der Waals surface area contributed by atoms with E-state index in [1.54, 1.807) is 13.3 Å². The molecule has 1 aromatic carbocycles. The molecule has 3 rings (SSSR count). The number of thioether (sulfide) groups is 1. The molecule has 8 heteroatoms. The summed E-state index contributed by atoms with van der Waals surface area (Å²) in [6.45, 7) is 5.83. The Labute approximate surface area is 169 Å². The molecule has 0 radical (unpaired) electrons. The second-order valence-electron chi connectivity index (χ2n) is 7.33. The summed E-state index contributed by atoms with van der Waals surface area (Å²) in [6, 6.07) is 5.88. The number of aryl methyl sites for hydroxylation is 2. The molecule has 0 bridgehead atoms. The summed E-state index contributed by atoms with van der Waals surface area (Å²) < 4.78 is 1.87. The van der Waals surface area contributed by atoms with E-state index >= 15 is 0 Å². The summed E-state index contributed by atoms with van der Waals surface area (Å²) in [6.07, 6.45) is 7.06. The van der Waals surface area contributed by atoms with E-state index in [4.69, 9.17) is 0 Å². The molecule has 1 atom stereocenters. The Hall–Kier alpha value is -2.35. The fourth-order valence-electron chi connectivity index (χ4n) is 3.44. The number of imide groups is 1. The van der Waals surface area contributed by atoms with Gasteiger partial charge in [0.05, 0.1) is 10.9 Å². The van der Waals surface area contributed by atoms with E-state index in [9.17, 15) is 9.59 Å². The SMILES string of the molecule is Cc1ccc(-n2cnnc2SC(C)C(=O)NC(=O)NC2CCCCC2)c(C)c1. The lowest BCUT2D eigenvalue weighted by atomic mass is 9.96. The van der Waals surface area contributed by atoms with Gasteiger partial charge in [-0.1, -0.05) is 48.7 Å². The molecule has 0 aliphatic heterocycles. The minimum absolute atomic E-state index is 0.164. The van der Waals surface area contributed by atoms with Crippen LogP contribution >= 0.6 is 11.8 Å². The average molecular weight is 402 g/mol. The first-order valence-electron chi connectivity index (χ1n) is 9.69. The Bertz CT molecular complexity index is 845. The van der Waals surface area contributed by atoms with Gasteiger partial charge in [-0.15, -0.1) is 10.2 Å². The topological polar surface area (TPSA) is 88.9 Å². The van der Waals surface area contributed by atoms with Gasteiger partial charge in [-0.25, -0.2) is 4.79 Å². The van der Waals surface area contributed by atoms with E-state index in [0.717, 1.165) is 36.9 Å². The van der Waals surface area contributed by atoms with E-state index in [-0.39, 0.29) is 11.9 Å². The van der Waals surface area contributed by atoms with Gasteiger partial charge in [-0.3, -0.25) is 14.7 Å². The molecule has 28 heavy (non-hydrogen) atoms. The van der Waals surface area contributed by atoms with Gasteiger partial charge in [0.25, 0.3) is 0 Å². The lowest BCUT2D eigenvalue weighted by Gasteiger charge is -2.23. The van der Waals surface area contributed by atoms with Crippen molar-refractivity contribution in [2.75, 3.05) is 0 Å². The summed E-state index contributed by atoms with van der Waals surface area (Å²) in [5, 5.41) is 13.6. The van der Waals surface area contributed by atoms with Gasteiger partial charge in [-0.2, -0.15) is 0 Å². The van der Waals surface area contributed by atoms with Gasteiger partial charge in [0.15, 0.2) is 5.16 Å². The second-order valence-corrected chi connectivity index (χ2v) is 8.64. The Kier molecular flexibility index (Phi) is 6.72. The van der Waals surface area contributed by atoms with Crippen molar-refractivity contribution in [3.63, 3.8) is 0 Å². The number of hydrogen-bond donors (Lipinski definition) is 2. The molecule has 1 fully saturated rings. The number of nitrogens with zero attached hydrogens (tertiary/aromatic N) is 3. The van der Waals surface area contributed by atoms with Crippen molar-refractivity contribution in [3.05, 3.63) is 35.7 Å².